The molecule has 0 aromatic carbocycles. The van der Waals surface area contributed by atoms with E-state index >= 15 is 0 Å². The van der Waals surface area contributed by atoms with E-state index in [9.17, 15) is 4.79 Å². The Balaban J connectivity index is 2.01. The lowest BCUT2D eigenvalue weighted by molar-refractivity contribution is 0.384. The molecule has 0 saturated carbocycles. The fraction of sp³-hybridized carbons (Fsp3) is 0.286. The second kappa shape index (κ2) is 5.45. The second-order valence-corrected chi connectivity index (χ2v) is 5.09. The predicted octanol–water partition coefficient (Wildman–Crippen LogP) is 0.743. The molecule has 0 atom stereocenters. The summed E-state index contributed by atoms with van der Waals surface area (Å²) in [6.45, 7) is 1.77. The average Bonchev–Trinajstić information content (AvgIpc) is 2.94. The number of nitrogens with zero attached hydrogens (tertiary/aromatic N) is 5. The Morgan fingerprint density at radius 1 is 1.29 bits per heavy atom. The predicted molar refractivity (Wildman–Crippen MR) is 79.9 cm³/mol. The van der Waals surface area contributed by atoms with E-state index in [1.54, 1.807) is 18.6 Å². The number of rotatable bonds is 4. The molecule has 21 heavy (non-hydrogen) atoms. The number of nitrogens with one attached hydrogen (secondary N) is 1. The first kappa shape index (κ1) is 13.4. The Morgan fingerprint density at radius 2 is 2.14 bits per heavy atom. The zero-order valence-electron chi connectivity index (χ0n) is 11.9. The van der Waals surface area contributed by atoms with Crippen molar-refractivity contribution in [3.05, 3.63) is 41.5 Å². The third-order valence-electron chi connectivity index (χ3n) is 3.24. The molecule has 7 heteroatoms. The number of fused-ring (bicyclic) bond motifs is 1. The van der Waals surface area contributed by atoms with Crippen LogP contribution in [0.3, 0.4) is 0 Å². The van der Waals surface area contributed by atoms with Gasteiger partial charge in [-0.15, -0.1) is 0 Å². The van der Waals surface area contributed by atoms with Gasteiger partial charge in [-0.25, -0.2) is 9.97 Å². The van der Waals surface area contributed by atoms with E-state index in [-0.39, 0.29) is 5.56 Å². The highest BCUT2D eigenvalue weighted by molar-refractivity contribution is 5.89. The van der Waals surface area contributed by atoms with Crippen molar-refractivity contribution in [1.29, 1.82) is 0 Å². The molecule has 3 rings (SSSR count). The highest BCUT2D eigenvalue weighted by Gasteiger charge is 2.11. The van der Waals surface area contributed by atoms with Gasteiger partial charge in [0.15, 0.2) is 0 Å². The normalized spacial score (nSPS) is 11.4. The summed E-state index contributed by atoms with van der Waals surface area (Å²) >= 11 is 0. The molecule has 0 fully saturated rings. The number of pyridine rings is 1. The zero-order chi connectivity index (χ0) is 14.8. The van der Waals surface area contributed by atoms with Gasteiger partial charge in [0.05, 0.1) is 18.0 Å². The Hall–Kier alpha value is -2.54. The topological polar surface area (TPSA) is 79.7 Å². The maximum absolute atomic E-state index is 11.8. The van der Waals surface area contributed by atoms with Crippen molar-refractivity contribution in [3.63, 3.8) is 0 Å². The minimum Gasteiger partial charge on any atom is -0.335 e. The fourth-order valence-electron chi connectivity index (χ4n) is 2.11. The van der Waals surface area contributed by atoms with Crippen LogP contribution >= 0.6 is 0 Å². The molecule has 7 nitrogen and oxygen atoms in total. The van der Waals surface area contributed by atoms with Gasteiger partial charge in [0.1, 0.15) is 16.9 Å². The van der Waals surface area contributed by atoms with E-state index in [0.29, 0.717) is 16.6 Å². The van der Waals surface area contributed by atoms with E-state index in [2.05, 4.69) is 24.8 Å². The van der Waals surface area contributed by atoms with Gasteiger partial charge in [-0.2, -0.15) is 0 Å². The zero-order valence-corrected chi connectivity index (χ0v) is 11.9. The van der Waals surface area contributed by atoms with Crippen LogP contribution in [0.15, 0.2) is 35.9 Å². The van der Waals surface area contributed by atoms with Gasteiger partial charge in [-0.05, 0) is 20.2 Å². The standard InChI is InChI=1S/C14H16N6O/c1-19(2)5-6-20-7-11(18-9-20)13-12-10(3-4-15-13)14(21)17-8-16-12/h3-4,7-9H,5-6H2,1-2H3,(H,16,17,21). The number of hydrogen-bond acceptors (Lipinski definition) is 5. The second-order valence-electron chi connectivity index (χ2n) is 5.09. The Kier molecular flexibility index (Phi) is 3.49. The number of imidazole rings is 1. The quantitative estimate of drug-likeness (QED) is 0.764. The summed E-state index contributed by atoms with van der Waals surface area (Å²) in [6.07, 6.45) is 6.69. The molecule has 0 bridgehead atoms. The van der Waals surface area contributed by atoms with E-state index < -0.39 is 0 Å². The van der Waals surface area contributed by atoms with Crippen LogP contribution in [0.4, 0.5) is 0 Å². The van der Waals surface area contributed by atoms with E-state index in [0.717, 1.165) is 18.8 Å². The summed E-state index contributed by atoms with van der Waals surface area (Å²) in [4.78, 5) is 29.4. The molecule has 0 amide bonds. The summed E-state index contributed by atoms with van der Waals surface area (Å²) in [5, 5.41) is 0.519. The van der Waals surface area contributed by atoms with Crippen molar-refractivity contribution in [2.24, 2.45) is 0 Å². The number of H-pyrrole nitrogens is 1. The Labute approximate surface area is 121 Å². The van der Waals surface area contributed by atoms with Crippen LogP contribution in [0.2, 0.25) is 0 Å². The van der Waals surface area contributed by atoms with Crippen molar-refractivity contribution < 1.29 is 0 Å². The van der Waals surface area contributed by atoms with Crippen LogP contribution in [-0.4, -0.2) is 50.0 Å². The van der Waals surface area contributed by atoms with Crippen molar-refractivity contribution >= 4 is 10.9 Å². The molecule has 0 spiro atoms. The lowest BCUT2D eigenvalue weighted by Gasteiger charge is -2.08. The van der Waals surface area contributed by atoms with Crippen LogP contribution < -0.4 is 5.56 Å². The largest absolute Gasteiger partial charge is 0.335 e. The average molecular weight is 284 g/mol. The minimum absolute atomic E-state index is 0.171. The summed E-state index contributed by atoms with van der Waals surface area (Å²) < 4.78 is 2.00. The van der Waals surface area contributed by atoms with Crippen molar-refractivity contribution in [2.75, 3.05) is 20.6 Å². The molecule has 0 radical (unpaired) electrons. The highest BCUT2D eigenvalue weighted by Crippen LogP contribution is 2.20. The molecule has 0 unspecified atom stereocenters. The van der Waals surface area contributed by atoms with E-state index in [1.165, 1.54) is 6.33 Å². The number of aromatic nitrogens is 5. The first-order valence-electron chi connectivity index (χ1n) is 6.64. The molecule has 108 valence electrons. The molecule has 3 aromatic heterocycles. The summed E-state index contributed by atoms with van der Waals surface area (Å²) in [5.41, 5.74) is 1.74. The Morgan fingerprint density at radius 3 is 2.95 bits per heavy atom. The fourth-order valence-corrected chi connectivity index (χ4v) is 2.11. The van der Waals surface area contributed by atoms with Gasteiger partial charge < -0.3 is 14.5 Å². The van der Waals surface area contributed by atoms with Crippen molar-refractivity contribution in [2.45, 2.75) is 6.54 Å². The highest BCUT2D eigenvalue weighted by atomic mass is 16.1. The van der Waals surface area contributed by atoms with Gasteiger partial charge in [0.2, 0.25) is 0 Å². The molecule has 0 aliphatic heterocycles. The molecule has 1 N–H and O–H groups in total. The lowest BCUT2D eigenvalue weighted by atomic mass is 10.2. The van der Waals surface area contributed by atoms with Gasteiger partial charge in [-0.3, -0.25) is 9.78 Å². The first-order chi connectivity index (χ1) is 10.1. The third-order valence-corrected chi connectivity index (χ3v) is 3.24. The van der Waals surface area contributed by atoms with Crippen LogP contribution in [0.1, 0.15) is 0 Å². The minimum atomic E-state index is -0.171. The first-order valence-corrected chi connectivity index (χ1v) is 6.64. The summed E-state index contributed by atoms with van der Waals surface area (Å²) in [7, 11) is 4.06. The van der Waals surface area contributed by atoms with Gasteiger partial charge in [-0.1, -0.05) is 0 Å². The molecule has 3 heterocycles. The van der Waals surface area contributed by atoms with Gasteiger partial charge in [0, 0.05) is 25.5 Å². The SMILES string of the molecule is CN(C)CCn1cnc(-c2nccc3c(=O)[nH]cnc23)c1. The molecular weight excluding hydrogens is 268 g/mol. The van der Waals surface area contributed by atoms with E-state index in [4.69, 9.17) is 0 Å². The lowest BCUT2D eigenvalue weighted by Crippen LogP contribution is -2.17. The van der Waals surface area contributed by atoms with Crippen LogP contribution in [-0.2, 0) is 6.54 Å². The summed E-state index contributed by atoms with van der Waals surface area (Å²) in [6, 6.07) is 1.66. The molecule has 3 aromatic rings. The van der Waals surface area contributed by atoms with Crippen molar-refractivity contribution in [1.82, 2.24) is 29.4 Å². The van der Waals surface area contributed by atoms with Gasteiger partial charge in [0.25, 0.3) is 5.56 Å². The molecule has 0 aliphatic rings. The van der Waals surface area contributed by atoms with E-state index in [1.807, 2.05) is 24.9 Å². The summed E-state index contributed by atoms with van der Waals surface area (Å²) in [5.74, 6) is 0. The van der Waals surface area contributed by atoms with Gasteiger partial charge >= 0.3 is 0 Å². The Bertz CT molecular complexity index is 819. The maximum atomic E-state index is 11.8. The van der Waals surface area contributed by atoms with Crippen molar-refractivity contribution in [3.8, 4) is 11.4 Å². The molecule has 0 saturated heterocycles. The third kappa shape index (κ3) is 2.68. The van der Waals surface area contributed by atoms with Crippen LogP contribution in [0.5, 0.6) is 0 Å². The number of likely N-dealkylation sites (N-methyl/N-ethyl adjacent to an activating group) is 1. The monoisotopic (exact) mass is 284 g/mol. The number of aromatic amines is 1. The number of hydrogen-bond donors (Lipinski definition) is 1. The van der Waals surface area contributed by atoms with Crippen LogP contribution in [0.25, 0.3) is 22.3 Å². The molecular formula is C14H16N6O. The molecule has 0 aliphatic carbocycles. The smallest absolute Gasteiger partial charge is 0.258 e. The van der Waals surface area contributed by atoms with Crippen LogP contribution in [0, 0.1) is 0 Å². The maximum Gasteiger partial charge on any atom is 0.258 e.